The fourth-order valence-corrected chi connectivity index (χ4v) is 1.39. The Balaban J connectivity index is 2.34. The first-order valence-electron chi connectivity index (χ1n) is 4.01. The normalized spacial score (nSPS) is 16.8. The Hall–Kier alpha value is -0.820. The third kappa shape index (κ3) is 1.29. The van der Waals surface area contributed by atoms with Gasteiger partial charge in [0.05, 0.1) is 6.61 Å². The zero-order valence-electron chi connectivity index (χ0n) is 6.38. The zero-order chi connectivity index (χ0) is 7.68. The van der Waals surface area contributed by atoms with Crippen LogP contribution in [-0.2, 0) is 6.61 Å². The summed E-state index contributed by atoms with van der Waals surface area (Å²) < 4.78 is 0. The van der Waals surface area contributed by atoms with Crippen LogP contribution in [-0.4, -0.2) is 5.11 Å². The number of rotatable bonds is 2. The average Bonchev–Trinajstić information content (AvgIpc) is 2.87. The van der Waals surface area contributed by atoms with Gasteiger partial charge in [0.2, 0.25) is 0 Å². The molecule has 0 amide bonds. The second-order valence-corrected chi connectivity index (χ2v) is 3.06. The Morgan fingerprint density at radius 2 is 2.36 bits per heavy atom. The van der Waals surface area contributed by atoms with Gasteiger partial charge in [-0.3, -0.25) is 0 Å². The van der Waals surface area contributed by atoms with Crippen molar-refractivity contribution in [2.75, 3.05) is 0 Å². The van der Waals surface area contributed by atoms with Crippen molar-refractivity contribution >= 4 is 0 Å². The fraction of sp³-hybridized carbons (Fsp3) is 0.400. The lowest BCUT2D eigenvalue weighted by molar-refractivity contribution is 0.280. The van der Waals surface area contributed by atoms with E-state index in [1.165, 1.54) is 18.4 Å². The molecule has 0 bridgehead atoms. The van der Waals surface area contributed by atoms with E-state index in [0.29, 0.717) is 0 Å². The Labute approximate surface area is 66.7 Å². The van der Waals surface area contributed by atoms with Gasteiger partial charge in [-0.1, -0.05) is 18.2 Å². The van der Waals surface area contributed by atoms with Gasteiger partial charge >= 0.3 is 0 Å². The van der Waals surface area contributed by atoms with E-state index in [1.807, 2.05) is 18.2 Å². The highest BCUT2D eigenvalue weighted by Crippen LogP contribution is 2.41. The summed E-state index contributed by atoms with van der Waals surface area (Å²) in [4.78, 5) is 0. The Kier molecular flexibility index (Phi) is 1.66. The summed E-state index contributed by atoms with van der Waals surface area (Å²) in [5.41, 5.74) is 2.38. The topological polar surface area (TPSA) is 20.2 Å². The lowest BCUT2D eigenvalue weighted by atomic mass is 10.0. The summed E-state index contributed by atoms with van der Waals surface area (Å²) in [5, 5.41) is 8.98. The molecule has 1 aromatic carbocycles. The molecule has 0 spiro atoms. The molecule has 0 heterocycles. The summed E-state index contributed by atoms with van der Waals surface area (Å²) in [7, 11) is 0. The second-order valence-electron chi connectivity index (χ2n) is 3.06. The number of aliphatic hydroxyl groups excluding tert-OH is 1. The van der Waals surface area contributed by atoms with Gasteiger partial charge in [-0.05, 0) is 36.0 Å². The SMILES string of the molecule is OCc1cc[c]cc1C1CC1. The maximum Gasteiger partial charge on any atom is 0.0684 e. The molecule has 1 radical (unpaired) electrons. The van der Waals surface area contributed by atoms with Crippen LogP contribution in [0.3, 0.4) is 0 Å². The lowest BCUT2D eigenvalue weighted by Gasteiger charge is -2.03. The number of hydrogen-bond acceptors (Lipinski definition) is 1. The molecule has 1 heteroatoms. The smallest absolute Gasteiger partial charge is 0.0684 e. The van der Waals surface area contributed by atoms with Crippen LogP contribution in [0.5, 0.6) is 0 Å². The molecular formula is C10H11O. The van der Waals surface area contributed by atoms with Crippen molar-refractivity contribution < 1.29 is 5.11 Å². The fourth-order valence-electron chi connectivity index (χ4n) is 1.39. The third-order valence-corrected chi connectivity index (χ3v) is 2.18. The van der Waals surface area contributed by atoms with Crippen molar-refractivity contribution in [1.82, 2.24) is 0 Å². The number of hydrogen-bond donors (Lipinski definition) is 1. The van der Waals surface area contributed by atoms with Gasteiger partial charge in [0.15, 0.2) is 0 Å². The van der Waals surface area contributed by atoms with Gasteiger partial charge < -0.3 is 5.11 Å². The molecule has 0 atom stereocenters. The van der Waals surface area contributed by atoms with E-state index in [4.69, 9.17) is 5.11 Å². The van der Waals surface area contributed by atoms with Crippen molar-refractivity contribution in [2.24, 2.45) is 0 Å². The van der Waals surface area contributed by atoms with Crippen LogP contribution in [0.2, 0.25) is 0 Å². The second kappa shape index (κ2) is 2.67. The Bertz CT molecular complexity index is 251. The van der Waals surface area contributed by atoms with Crippen LogP contribution in [0.4, 0.5) is 0 Å². The summed E-state index contributed by atoms with van der Waals surface area (Å²) in [6.07, 6.45) is 2.57. The minimum absolute atomic E-state index is 0.167. The zero-order valence-corrected chi connectivity index (χ0v) is 6.38. The van der Waals surface area contributed by atoms with E-state index in [0.717, 1.165) is 11.5 Å². The molecule has 57 valence electrons. The molecule has 0 saturated heterocycles. The standard InChI is InChI=1S/C10H11O/c11-7-9-3-1-2-4-10(9)8-5-6-8/h1,3-4,8,11H,5-7H2. The summed E-state index contributed by atoms with van der Waals surface area (Å²) in [6.45, 7) is 0.167. The molecule has 0 aromatic heterocycles. The molecule has 1 aromatic rings. The van der Waals surface area contributed by atoms with Crippen molar-refractivity contribution in [2.45, 2.75) is 25.4 Å². The molecule has 1 nitrogen and oxygen atoms in total. The van der Waals surface area contributed by atoms with Gasteiger partial charge in [-0.15, -0.1) is 0 Å². The van der Waals surface area contributed by atoms with E-state index in [-0.39, 0.29) is 6.61 Å². The molecule has 1 saturated carbocycles. The van der Waals surface area contributed by atoms with Crippen LogP contribution in [0.25, 0.3) is 0 Å². The Morgan fingerprint density at radius 3 is 3.00 bits per heavy atom. The van der Waals surface area contributed by atoms with Gasteiger partial charge in [0, 0.05) is 0 Å². The van der Waals surface area contributed by atoms with Gasteiger partial charge in [-0.25, -0.2) is 0 Å². The highest BCUT2D eigenvalue weighted by molar-refractivity contribution is 5.31. The monoisotopic (exact) mass is 147 g/mol. The van der Waals surface area contributed by atoms with Crippen molar-refractivity contribution in [3.63, 3.8) is 0 Å². The van der Waals surface area contributed by atoms with Crippen LogP contribution in [0.15, 0.2) is 18.2 Å². The molecule has 0 unspecified atom stereocenters. The molecule has 1 N–H and O–H groups in total. The van der Waals surface area contributed by atoms with E-state index in [2.05, 4.69) is 6.07 Å². The van der Waals surface area contributed by atoms with E-state index in [9.17, 15) is 0 Å². The largest absolute Gasteiger partial charge is 0.392 e. The van der Waals surface area contributed by atoms with Crippen molar-refractivity contribution in [3.8, 4) is 0 Å². The summed E-state index contributed by atoms with van der Waals surface area (Å²) >= 11 is 0. The van der Waals surface area contributed by atoms with E-state index < -0.39 is 0 Å². The maximum absolute atomic E-state index is 8.98. The minimum Gasteiger partial charge on any atom is -0.392 e. The third-order valence-electron chi connectivity index (χ3n) is 2.18. The highest BCUT2D eigenvalue weighted by atomic mass is 16.3. The first-order chi connectivity index (χ1) is 5.42. The molecular weight excluding hydrogens is 136 g/mol. The predicted octanol–water partition coefficient (Wildman–Crippen LogP) is 1.86. The molecule has 0 aliphatic heterocycles. The summed E-state index contributed by atoms with van der Waals surface area (Å²) in [5.74, 6) is 0.717. The quantitative estimate of drug-likeness (QED) is 0.677. The number of aliphatic hydroxyl groups is 1. The maximum atomic E-state index is 8.98. The van der Waals surface area contributed by atoms with E-state index >= 15 is 0 Å². The molecule has 2 rings (SSSR count). The average molecular weight is 147 g/mol. The first-order valence-corrected chi connectivity index (χ1v) is 4.01. The van der Waals surface area contributed by atoms with Crippen LogP contribution in [0, 0.1) is 6.07 Å². The predicted molar refractivity (Wildman–Crippen MR) is 43.2 cm³/mol. The van der Waals surface area contributed by atoms with Crippen molar-refractivity contribution in [3.05, 3.63) is 35.4 Å². The van der Waals surface area contributed by atoms with Gasteiger partial charge in [0.1, 0.15) is 0 Å². The van der Waals surface area contributed by atoms with Crippen molar-refractivity contribution in [1.29, 1.82) is 0 Å². The van der Waals surface area contributed by atoms with Gasteiger partial charge in [-0.2, -0.15) is 0 Å². The lowest BCUT2D eigenvalue weighted by Crippen LogP contribution is -1.90. The van der Waals surface area contributed by atoms with Crippen LogP contribution < -0.4 is 0 Å². The van der Waals surface area contributed by atoms with Gasteiger partial charge in [0.25, 0.3) is 0 Å². The molecule has 1 aliphatic rings. The Morgan fingerprint density at radius 1 is 1.55 bits per heavy atom. The minimum atomic E-state index is 0.167. The first kappa shape index (κ1) is 6.86. The highest BCUT2D eigenvalue weighted by Gasteiger charge is 2.25. The van der Waals surface area contributed by atoms with E-state index in [1.54, 1.807) is 0 Å². The molecule has 1 fully saturated rings. The van der Waals surface area contributed by atoms with Crippen LogP contribution in [0.1, 0.15) is 29.9 Å². The molecule has 1 aliphatic carbocycles. The van der Waals surface area contributed by atoms with Crippen LogP contribution >= 0.6 is 0 Å². The molecule has 11 heavy (non-hydrogen) atoms. The summed E-state index contributed by atoms with van der Waals surface area (Å²) in [6, 6.07) is 8.86. The number of benzene rings is 1.